The number of carbonyl (C=O) groups is 1. The number of hydrogen-bond donors (Lipinski definition) is 2. The number of ether oxygens (including phenoxy) is 1. The Bertz CT molecular complexity index is 1110. The van der Waals surface area contributed by atoms with Crippen molar-refractivity contribution in [3.63, 3.8) is 0 Å². The fourth-order valence-corrected chi connectivity index (χ4v) is 4.64. The van der Waals surface area contributed by atoms with Crippen LogP contribution >= 0.6 is 34.5 Å². The Labute approximate surface area is 176 Å². The van der Waals surface area contributed by atoms with Crippen molar-refractivity contribution >= 4 is 61.8 Å². The highest BCUT2D eigenvalue weighted by Crippen LogP contribution is 2.30. The highest BCUT2D eigenvalue weighted by Gasteiger charge is 2.21. The molecule has 0 radical (unpaired) electrons. The van der Waals surface area contributed by atoms with Gasteiger partial charge in [-0.3, -0.25) is 9.52 Å². The summed E-state index contributed by atoms with van der Waals surface area (Å²) in [6.07, 6.45) is 0. The maximum absolute atomic E-state index is 12.8. The Hall–Kier alpha value is -2.26. The summed E-state index contributed by atoms with van der Waals surface area (Å²) in [7, 11) is -2.61. The number of nitrogens with one attached hydrogen (secondary N) is 2. The van der Waals surface area contributed by atoms with Crippen LogP contribution in [0.3, 0.4) is 0 Å². The van der Waals surface area contributed by atoms with Gasteiger partial charge in [-0.1, -0.05) is 23.2 Å². The average molecular weight is 457 g/mol. The number of carbonyl (C=O) groups excluding carboxylic acids is 1. The first-order valence-corrected chi connectivity index (χ1v) is 10.9. The number of hydrogen-bond acceptors (Lipinski definition) is 5. The summed E-state index contributed by atoms with van der Waals surface area (Å²) in [5.41, 5.74) is 0.640. The first kappa shape index (κ1) is 20.5. The molecule has 0 fully saturated rings. The normalized spacial score (nSPS) is 11.1. The van der Waals surface area contributed by atoms with Gasteiger partial charge in [-0.25, -0.2) is 8.42 Å². The second-order valence-corrected chi connectivity index (χ2v) is 9.34. The van der Waals surface area contributed by atoms with Crippen LogP contribution in [0.15, 0.2) is 59.5 Å². The van der Waals surface area contributed by atoms with Crippen molar-refractivity contribution in [3.05, 3.63) is 68.8 Å². The molecule has 0 bridgehead atoms. The van der Waals surface area contributed by atoms with Crippen molar-refractivity contribution in [2.24, 2.45) is 0 Å². The predicted octanol–water partition coefficient (Wildman–Crippen LogP) is 5.12. The van der Waals surface area contributed by atoms with Crippen LogP contribution in [0.4, 0.5) is 11.4 Å². The van der Waals surface area contributed by atoms with E-state index in [1.54, 1.807) is 42.5 Å². The van der Waals surface area contributed by atoms with Gasteiger partial charge in [0.2, 0.25) is 0 Å². The van der Waals surface area contributed by atoms with E-state index in [0.29, 0.717) is 25.6 Å². The number of amides is 1. The Morgan fingerprint density at radius 1 is 1.00 bits per heavy atom. The van der Waals surface area contributed by atoms with E-state index in [0.717, 1.165) is 11.3 Å². The van der Waals surface area contributed by atoms with Crippen LogP contribution < -0.4 is 14.8 Å². The lowest BCUT2D eigenvalue weighted by molar-refractivity contribution is 0.103. The number of rotatable bonds is 6. The van der Waals surface area contributed by atoms with Gasteiger partial charge < -0.3 is 10.1 Å². The number of benzene rings is 2. The van der Waals surface area contributed by atoms with Crippen LogP contribution in [-0.2, 0) is 10.0 Å². The van der Waals surface area contributed by atoms with E-state index in [-0.39, 0.29) is 10.6 Å². The van der Waals surface area contributed by atoms with Crippen molar-refractivity contribution in [1.82, 2.24) is 0 Å². The second-order valence-electron chi connectivity index (χ2n) is 5.54. The molecule has 146 valence electrons. The van der Waals surface area contributed by atoms with E-state index in [4.69, 9.17) is 27.9 Å². The smallest absolute Gasteiger partial charge is 0.265 e. The molecule has 0 aliphatic rings. The van der Waals surface area contributed by atoms with Gasteiger partial charge in [0.05, 0.1) is 16.3 Å². The van der Waals surface area contributed by atoms with Gasteiger partial charge in [-0.05, 0) is 54.6 Å². The minimum absolute atomic E-state index is 0.119. The molecule has 0 aliphatic heterocycles. The first-order chi connectivity index (χ1) is 13.3. The zero-order chi connectivity index (χ0) is 20.3. The summed E-state index contributed by atoms with van der Waals surface area (Å²) < 4.78 is 33.8. The summed E-state index contributed by atoms with van der Waals surface area (Å²) in [5, 5.41) is 3.14. The lowest BCUT2D eigenvalue weighted by Gasteiger charge is -2.13. The van der Waals surface area contributed by atoms with E-state index >= 15 is 0 Å². The van der Waals surface area contributed by atoms with Gasteiger partial charge in [-0.15, -0.1) is 11.3 Å². The quantitative estimate of drug-likeness (QED) is 0.539. The highest BCUT2D eigenvalue weighted by molar-refractivity contribution is 7.92. The molecule has 1 heterocycles. The molecule has 0 saturated heterocycles. The van der Waals surface area contributed by atoms with Gasteiger partial charge in [-0.2, -0.15) is 0 Å². The van der Waals surface area contributed by atoms with Crippen LogP contribution in [0.5, 0.6) is 5.75 Å². The minimum atomic E-state index is -3.98. The average Bonchev–Trinajstić information content (AvgIpc) is 3.10. The number of halogens is 2. The molecule has 10 heteroatoms. The summed E-state index contributed by atoms with van der Waals surface area (Å²) in [4.78, 5) is 12.6. The molecule has 0 aliphatic carbocycles. The molecule has 2 aromatic carbocycles. The fourth-order valence-electron chi connectivity index (χ4n) is 2.32. The number of thiophene rings is 1. The van der Waals surface area contributed by atoms with E-state index in [2.05, 4.69) is 10.0 Å². The molecule has 0 saturated carbocycles. The summed E-state index contributed by atoms with van der Waals surface area (Å²) in [6.45, 7) is 0. The molecule has 6 nitrogen and oxygen atoms in total. The van der Waals surface area contributed by atoms with Gasteiger partial charge >= 0.3 is 0 Å². The standard InChI is InChI=1S/C18H14Cl2N2O4S2/c1-26-14-7-6-13(21-18(23)15-8-9-17(20)27-15)10-16(14)28(24,25)22-12-4-2-11(19)3-5-12/h2-10,22H,1H3,(H,21,23). The zero-order valence-electron chi connectivity index (χ0n) is 14.4. The van der Waals surface area contributed by atoms with E-state index in [1.165, 1.54) is 19.2 Å². The van der Waals surface area contributed by atoms with Crippen molar-refractivity contribution in [3.8, 4) is 5.75 Å². The molecule has 3 aromatic rings. The number of anilines is 2. The summed E-state index contributed by atoms with van der Waals surface area (Å²) in [6, 6.07) is 13.8. The van der Waals surface area contributed by atoms with Crippen molar-refractivity contribution in [2.45, 2.75) is 4.90 Å². The molecule has 28 heavy (non-hydrogen) atoms. The molecule has 1 aromatic heterocycles. The molecular formula is C18H14Cl2N2O4S2. The van der Waals surface area contributed by atoms with Gasteiger partial charge in [0.15, 0.2) is 0 Å². The maximum atomic E-state index is 12.8. The highest BCUT2D eigenvalue weighted by atomic mass is 35.5. The lowest BCUT2D eigenvalue weighted by Crippen LogP contribution is -2.15. The Morgan fingerprint density at radius 2 is 1.68 bits per heavy atom. The fraction of sp³-hybridized carbons (Fsp3) is 0.0556. The van der Waals surface area contributed by atoms with Crippen molar-refractivity contribution in [2.75, 3.05) is 17.1 Å². The van der Waals surface area contributed by atoms with Crippen LogP contribution in [0.2, 0.25) is 9.36 Å². The topological polar surface area (TPSA) is 84.5 Å². The Balaban J connectivity index is 1.89. The Morgan fingerprint density at radius 3 is 2.29 bits per heavy atom. The number of sulfonamides is 1. The van der Waals surface area contributed by atoms with Crippen LogP contribution in [-0.4, -0.2) is 21.4 Å². The molecular weight excluding hydrogens is 443 g/mol. The Kier molecular flexibility index (Phi) is 6.14. The van der Waals surface area contributed by atoms with Gasteiger partial charge in [0, 0.05) is 16.4 Å². The molecule has 2 N–H and O–H groups in total. The molecule has 0 atom stereocenters. The first-order valence-electron chi connectivity index (χ1n) is 7.81. The van der Waals surface area contributed by atoms with Crippen molar-refractivity contribution in [1.29, 1.82) is 0 Å². The third-order valence-electron chi connectivity index (χ3n) is 3.60. The maximum Gasteiger partial charge on any atom is 0.265 e. The van der Waals surface area contributed by atoms with Gasteiger partial charge in [0.1, 0.15) is 10.6 Å². The largest absolute Gasteiger partial charge is 0.495 e. The van der Waals surface area contributed by atoms with E-state index in [9.17, 15) is 13.2 Å². The zero-order valence-corrected chi connectivity index (χ0v) is 17.5. The van der Waals surface area contributed by atoms with Gasteiger partial charge in [0.25, 0.3) is 15.9 Å². The predicted molar refractivity (Wildman–Crippen MR) is 113 cm³/mol. The van der Waals surface area contributed by atoms with Crippen LogP contribution in [0, 0.1) is 0 Å². The third kappa shape index (κ3) is 4.77. The van der Waals surface area contributed by atoms with Crippen molar-refractivity contribution < 1.29 is 17.9 Å². The summed E-state index contributed by atoms with van der Waals surface area (Å²) in [5.74, 6) is -0.255. The van der Waals surface area contributed by atoms with Crippen LogP contribution in [0.1, 0.15) is 9.67 Å². The monoisotopic (exact) mass is 456 g/mol. The molecule has 1 amide bonds. The minimum Gasteiger partial charge on any atom is -0.495 e. The molecule has 0 spiro atoms. The third-order valence-corrected chi connectivity index (χ3v) is 6.49. The second kappa shape index (κ2) is 8.40. The molecule has 0 unspecified atom stereocenters. The van der Waals surface area contributed by atoms with E-state index < -0.39 is 15.9 Å². The summed E-state index contributed by atoms with van der Waals surface area (Å²) >= 11 is 12.8. The molecule has 3 rings (SSSR count). The van der Waals surface area contributed by atoms with E-state index in [1.807, 2.05) is 0 Å². The van der Waals surface area contributed by atoms with Crippen LogP contribution in [0.25, 0.3) is 0 Å². The lowest BCUT2D eigenvalue weighted by atomic mass is 10.3. The SMILES string of the molecule is COc1ccc(NC(=O)c2ccc(Cl)s2)cc1S(=O)(=O)Nc1ccc(Cl)cc1. The number of methoxy groups -OCH3 is 1.